The van der Waals surface area contributed by atoms with Gasteiger partial charge in [-0.25, -0.2) is 0 Å². The van der Waals surface area contributed by atoms with Crippen molar-refractivity contribution in [2.24, 2.45) is 19.1 Å². The first kappa shape index (κ1) is 20.4. The molecule has 0 bridgehead atoms. The number of rotatable bonds is 3. The van der Waals surface area contributed by atoms with Gasteiger partial charge in [-0.3, -0.25) is 18.9 Å². The lowest BCUT2D eigenvalue weighted by Crippen LogP contribution is -2.29. The van der Waals surface area contributed by atoms with Crippen LogP contribution in [0.4, 0.5) is 5.69 Å². The third kappa shape index (κ3) is 3.57. The molecule has 1 aliphatic rings. The lowest BCUT2D eigenvalue weighted by atomic mass is 10.0. The van der Waals surface area contributed by atoms with E-state index >= 15 is 0 Å². The summed E-state index contributed by atoms with van der Waals surface area (Å²) in [5.74, 6) is 0.617. The molecule has 0 fully saturated rings. The largest absolute Gasteiger partial charge is 0.497 e. The Morgan fingerprint density at radius 3 is 2.53 bits per heavy atom. The number of thioether (sulfide) groups is 1. The Hall–Kier alpha value is -2.84. The van der Waals surface area contributed by atoms with Crippen molar-refractivity contribution in [1.29, 1.82) is 0 Å². The van der Waals surface area contributed by atoms with Crippen LogP contribution in [-0.4, -0.2) is 27.1 Å². The first-order valence-corrected chi connectivity index (χ1v) is 10.7. The molecule has 0 saturated carbocycles. The molecule has 0 aliphatic carbocycles. The van der Waals surface area contributed by atoms with Gasteiger partial charge in [-0.1, -0.05) is 24.3 Å². The Bertz CT molecular complexity index is 1260. The van der Waals surface area contributed by atoms with Crippen molar-refractivity contribution in [3.63, 3.8) is 0 Å². The number of benzene rings is 2. The summed E-state index contributed by atoms with van der Waals surface area (Å²) in [7, 11) is 4.88. The van der Waals surface area contributed by atoms with Gasteiger partial charge in [0.05, 0.1) is 18.5 Å². The Kier molecular flexibility index (Phi) is 5.53. The van der Waals surface area contributed by atoms with Crippen molar-refractivity contribution in [3.8, 4) is 11.6 Å². The van der Waals surface area contributed by atoms with Crippen molar-refractivity contribution in [3.05, 3.63) is 74.8 Å². The predicted octanol–water partition coefficient (Wildman–Crippen LogP) is 4.53. The summed E-state index contributed by atoms with van der Waals surface area (Å²) >= 11 is 6.95. The van der Waals surface area contributed by atoms with Gasteiger partial charge in [0.1, 0.15) is 11.3 Å². The number of aromatic nitrogens is 2. The van der Waals surface area contributed by atoms with Crippen LogP contribution in [0.3, 0.4) is 0 Å². The number of aromatic hydroxyl groups is 1. The van der Waals surface area contributed by atoms with Crippen molar-refractivity contribution in [2.75, 3.05) is 7.11 Å². The van der Waals surface area contributed by atoms with E-state index in [4.69, 9.17) is 21.9 Å². The average Bonchev–Trinajstić information content (AvgIpc) is 2.96. The molecule has 2 heterocycles. The van der Waals surface area contributed by atoms with Gasteiger partial charge in [-0.05, 0) is 42.0 Å². The summed E-state index contributed by atoms with van der Waals surface area (Å²) in [6, 6.07) is 15.7. The molecule has 6 nitrogen and oxygen atoms in total. The van der Waals surface area contributed by atoms with Crippen LogP contribution in [0.25, 0.3) is 0 Å². The normalized spacial score (nSPS) is 15.8. The third-order valence-electron chi connectivity index (χ3n) is 5.18. The number of methoxy groups -OCH3 is 1. The fourth-order valence-corrected chi connectivity index (χ4v) is 4.86. The minimum Gasteiger partial charge on any atom is -0.497 e. The molecule has 1 N–H and O–H groups in total. The summed E-state index contributed by atoms with van der Waals surface area (Å²) < 4.78 is 8.32. The van der Waals surface area contributed by atoms with Crippen molar-refractivity contribution < 1.29 is 9.84 Å². The van der Waals surface area contributed by atoms with E-state index in [9.17, 15) is 9.90 Å². The molecule has 2 aromatic carbocycles. The molecule has 154 valence electrons. The summed E-state index contributed by atoms with van der Waals surface area (Å²) in [4.78, 5) is 18.9. The Morgan fingerprint density at radius 2 is 1.83 bits per heavy atom. The van der Waals surface area contributed by atoms with Crippen LogP contribution in [0, 0.1) is 4.77 Å². The van der Waals surface area contributed by atoms with Gasteiger partial charge in [-0.2, -0.15) is 0 Å². The van der Waals surface area contributed by atoms with E-state index in [1.807, 2.05) is 48.5 Å². The number of para-hydroxylation sites is 1. The zero-order valence-electron chi connectivity index (χ0n) is 16.8. The zero-order valence-corrected chi connectivity index (χ0v) is 18.5. The number of aliphatic imine (C=N–C) groups is 1. The Labute approximate surface area is 183 Å². The number of hydrogen-bond acceptors (Lipinski definition) is 6. The highest BCUT2D eigenvalue weighted by molar-refractivity contribution is 7.99. The highest BCUT2D eigenvalue weighted by Crippen LogP contribution is 2.45. The van der Waals surface area contributed by atoms with E-state index in [-0.39, 0.29) is 27.0 Å². The van der Waals surface area contributed by atoms with E-state index in [1.165, 1.54) is 9.13 Å². The minimum atomic E-state index is -0.354. The maximum absolute atomic E-state index is 13.0. The van der Waals surface area contributed by atoms with Crippen LogP contribution in [0.1, 0.15) is 22.8 Å². The Balaban J connectivity index is 1.90. The SMILES string of the molecule is COc1ccc(C2CC(c3c(O)n(C)c(=S)n(C)c3=O)=Nc3ccccc3S2)cc1. The molecule has 1 atom stereocenters. The lowest BCUT2D eigenvalue weighted by molar-refractivity contribution is 0.414. The third-order valence-corrected chi connectivity index (χ3v) is 7.05. The van der Waals surface area contributed by atoms with Crippen LogP contribution in [0.15, 0.2) is 63.2 Å². The molecule has 4 rings (SSSR count). The molecule has 8 heteroatoms. The molecular formula is C22H21N3O3S2. The Morgan fingerprint density at radius 1 is 1.13 bits per heavy atom. The highest BCUT2D eigenvalue weighted by Gasteiger charge is 2.27. The predicted molar refractivity (Wildman–Crippen MR) is 122 cm³/mol. The van der Waals surface area contributed by atoms with Crippen molar-refractivity contribution in [2.45, 2.75) is 16.6 Å². The second-order valence-corrected chi connectivity index (χ2v) is 8.62. The lowest BCUT2D eigenvalue weighted by Gasteiger charge is -2.18. The number of hydrogen-bond donors (Lipinski definition) is 1. The topological polar surface area (TPSA) is 68.8 Å². The van der Waals surface area contributed by atoms with Gasteiger partial charge in [0.25, 0.3) is 5.56 Å². The fraction of sp³-hybridized carbons (Fsp3) is 0.227. The zero-order chi connectivity index (χ0) is 21.4. The van der Waals surface area contributed by atoms with Gasteiger partial charge >= 0.3 is 0 Å². The molecule has 0 amide bonds. The van der Waals surface area contributed by atoms with Crippen LogP contribution < -0.4 is 10.3 Å². The maximum Gasteiger partial charge on any atom is 0.267 e. The quantitative estimate of drug-likeness (QED) is 0.608. The smallest absolute Gasteiger partial charge is 0.267 e. The second-order valence-electron chi connectivity index (χ2n) is 7.01. The van der Waals surface area contributed by atoms with Crippen LogP contribution in [0.5, 0.6) is 11.6 Å². The molecule has 1 aliphatic heterocycles. The molecule has 3 aromatic rings. The van der Waals surface area contributed by atoms with Gasteiger partial charge < -0.3 is 9.84 Å². The monoisotopic (exact) mass is 439 g/mol. The van der Waals surface area contributed by atoms with E-state index in [2.05, 4.69) is 0 Å². The van der Waals surface area contributed by atoms with Crippen molar-refractivity contribution in [1.82, 2.24) is 9.13 Å². The van der Waals surface area contributed by atoms with E-state index < -0.39 is 0 Å². The summed E-state index contributed by atoms with van der Waals surface area (Å²) in [5, 5.41) is 10.8. The maximum atomic E-state index is 13.0. The van der Waals surface area contributed by atoms with E-state index in [1.54, 1.807) is 33.0 Å². The molecular weight excluding hydrogens is 418 g/mol. The molecule has 0 radical (unpaired) electrons. The van der Waals surface area contributed by atoms with Crippen LogP contribution in [-0.2, 0) is 14.1 Å². The summed E-state index contributed by atoms with van der Waals surface area (Å²) in [6.07, 6.45) is 0.477. The second kappa shape index (κ2) is 8.12. The fourth-order valence-electron chi connectivity index (χ4n) is 3.46. The molecule has 0 saturated heterocycles. The van der Waals surface area contributed by atoms with Gasteiger partial charge in [-0.15, -0.1) is 11.8 Å². The van der Waals surface area contributed by atoms with Gasteiger partial charge in [0, 0.05) is 30.7 Å². The first-order chi connectivity index (χ1) is 14.4. The summed E-state index contributed by atoms with van der Waals surface area (Å²) in [5.41, 5.74) is 2.24. The van der Waals surface area contributed by atoms with Gasteiger partial charge in [0.2, 0.25) is 5.88 Å². The average molecular weight is 440 g/mol. The minimum absolute atomic E-state index is 0.0101. The van der Waals surface area contributed by atoms with E-state index in [0.717, 1.165) is 21.9 Å². The molecule has 1 unspecified atom stereocenters. The number of ether oxygens (including phenoxy) is 1. The van der Waals surface area contributed by atoms with Crippen LogP contribution >= 0.6 is 24.0 Å². The summed E-state index contributed by atoms with van der Waals surface area (Å²) in [6.45, 7) is 0. The van der Waals surface area contributed by atoms with Crippen molar-refractivity contribution >= 4 is 35.4 Å². The molecule has 1 aromatic heterocycles. The first-order valence-electron chi connectivity index (χ1n) is 9.37. The number of nitrogens with zero attached hydrogens (tertiary/aromatic N) is 3. The van der Waals surface area contributed by atoms with Gasteiger partial charge in [0.15, 0.2) is 4.77 Å². The molecule has 30 heavy (non-hydrogen) atoms. The number of fused-ring (bicyclic) bond motifs is 1. The van der Waals surface area contributed by atoms with Crippen LogP contribution in [0.2, 0.25) is 0 Å². The van der Waals surface area contributed by atoms with E-state index in [0.29, 0.717) is 12.1 Å². The standard InChI is InChI=1S/C22H21N3O3S2/c1-24-20(26)19(21(27)25(2)22(24)29)16-12-18(13-8-10-14(28-3)11-9-13)30-17-7-5-4-6-15(17)23-16/h4-11,18,26H,12H2,1-3H3. The molecule has 0 spiro atoms. The highest BCUT2D eigenvalue weighted by atomic mass is 32.2.